The van der Waals surface area contributed by atoms with Gasteiger partial charge in [-0.2, -0.15) is 0 Å². The number of benzene rings is 3. The lowest BCUT2D eigenvalue weighted by Crippen LogP contribution is -3.00. The molecule has 5 heteroatoms. The third-order valence-electron chi connectivity index (χ3n) is 5.94. The molecular formula is C30H37BrNO2P. The molecular weight excluding hydrogens is 517 g/mol. The van der Waals surface area contributed by atoms with E-state index in [-0.39, 0.29) is 23.1 Å². The Morgan fingerprint density at radius 3 is 1.43 bits per heavy atom. The summed E-state index contributed by atoms with van der Waals surface area (Å²) in [5.74, 6) is 0. The molecule has 0 spiro atoms. The number of halogens is 1. The minimum absolute atomic E-state index is 0. The lowest BCUT2D eigenvalue weighted by Gasteiger charge is -2.30. The standard InChI is InChI=1S/C19H18P.C11H19NO2.BrH/c1-20(17-11-5-2-6-12-17,18-13-7-3-8-14-18)19-15-9-4-10-16-19;1-9-5-7-12(8-6-9)10(13)14-11(2,3)4;/h2-16H,1H3;1,5-8H2,2-4H3;1H/q+1;;/p-1. The summed E-state index contributed by atoms with van der Waals surface area (Å²) < 4.78 is 5.27. The normalized spacial score (nSPS) is 13.7. The number of amides is 1. The minimum atomic E-state index is -1.53. The van der Waals surface area contributed by atoms with Crippen molar-refractivity contribution >= 4 is 29.3 Å². The maximum atomic E-state index is 11.6. The van der Waals surface area contributed by atoms with Crippen molar-refractivity contribution in [2.45, 2.75) is 39.2 Å². The van der Waals surface area contributed by atoms with Crippen molar-refractivity contribution in [3.05, 3.63) is 103 Å². The average molecular weight is 555 g/mol. The summed E-state index contributed by atoms with van der Waals surface area (Å²) in [5, 5.41) is 4.28. The van der Waals surface area contributed by atoms with Gasteiger partial charge in [0.15, 0.2) is 0 Å². The Balaban J connectivity index is 0.000000256. The third-order valence-corrected chi connectivity index (χ3v) is 9.93. The number of ether oxygens (including phenoxy) is 1. The SMILES string of the molecule is C=C1CCN(C(=O)OC(C)(C)C)CC1.C[P+](c1ccccc1)(c1ccccc1)c1ccccc1.[Br-]. The zero-order chi connectivity index (χ0) is 24.6. The summed E-state index contributed by atoms with van der Waals surface area (Å²) in [6.45, 7) is 13.4. The molecule has 0 radical (unpaired) electrons. The van der Waals surface area contributed by atoms with Gasteiger partial charge in [0.05, 0.1) is 6.66 Å². The molecule has 186 valence electrons. The molecule has 1 fully saturated rings. The second-order valence-electron chi connectivity index (χ2n) is 9.73. The molecule has 3 aromatic rings. The molecule has 0 aromatic heterocycles. The van der Waals surface area contributed by atoms with E-state index < -0.39 is 12.9 Å². The number of carbonyl (C=O) groups excluding carboxylic acids is 1. The summed E-state index contributed by atoms with van der Waals surface area (Å²) in [6.07, 6.45) is 1.60. The van der Waals surface area contributed by atoms with E-state index in [1.165, 1.54) is 21.5 Å². The summed E-state index contributed by atoms with van der Waals surface area (Å²) >= 11 is 0. The van der Waals surface area contributed by atoms with Gasteiger partial charge in [-0.25, -0.2) is 4.79 Å². The smallest absolute Gasteiger partial charge is 0.410 e. The first-order chi connectivity index (χ1) is 16.2. The van der Waals surface area contributed by atoms with E-state index in [0.717, 1.165) is 25.9 Å². The number of likely N-dealkylation sites (tertiary alicyclic amines) is 1. The van der Waals surface area contributed by atoms with Crippen LogP contribution in [0.2, 0.25) is 0 Å². The predicted molar refractivity (Wildman–Crippen MR) is 147 cm³/mol. The molecule has 4 rings (SSSR count). The van der Waals surface area contributed by atoms with E-state index >= 15 is 0 Å². The van der Waals surface area contributed by atoms with Gasteiger partial charge in [0.1, 0.15) is 28.8 Å². The number of carbonyl (C=O) groups is 1. The van der Waals surface area contributed by atoms with E-state index in [0.29, 0.717) is 0 Å². The van der Waals surface area contributed by atoms with Crippen LogP contribution in [0.5, 0.6) is 0 Å². The number of rotatable bonds is 3. The monoisotopic (exact) mass is 553 g/mol. The predicted octanol–water partition coefficient (Wildman–Crippen LogP) is 3.19. The van der Waals surface area contributed by atoms with E-state index in [2.05, 4.69) is 104 Å². The van der Waals surface area contributed by atoms with Crippen molar-refractivity contribution in [1.29, 1.82) is 0 Å². The average Bonchev–Trinajstić information content (AvgIpc) is 2.85. The van der Waals surface area contributed by atoms with Crippen LogP contribution in [-0.2, 0) is 4.74 Å². The summed E-state index contributed by atoms with van der Waals surface area (Å²) in [4.78, 5) is 13.3. The Morgan fingerprint density at radius 2 is 1.11 bits per heavy atom. The van der Waals surface area contributed by atoms with Crippen LogP contribution in [-0.4, -0.2) is 36.3 Å². The van der Waals surface area contributed by atoms with Crippen LogP contribution in [0.4, 0.5) is 4.79 Å². The molecule has 0 aliphatic carbocycles. The highest BCUT2D eigenvalue weighted by Crippen LogP contribution is 2.51. The van der Waals surface area contributed by atoms with Gasteiger partial charge in [0.2, 0.25) is 0 Å². The van der Waals surface area contributed by atoms with Crippen LogP contribution in [0.15, 0.2) is 103 Å². The fourth-order valence-corrected chi connectivity index (χ4v) is 7.16. The molecule has 1 amide bonds. The number of hydrogen-bond donors (Lipinski definition) is 0. The summed E-state index contributed by atoms with van der Waals surface area (Å²) in [6, 6.07) is 32.6. The highest BCUT2D eigenvalue weighted by atomic mass is 79.9. The van der Waals surface area contributed by atoms with Gasteiger partial charge in [-0.15, -0.1) is 0 Å². The second-order valence-corrected chi connectivity index (χ2v) is 13.3. The second kappa shape index (κ2) is 13.0. The number of hydrogen-bond acceptors (Lipinski definition) is 2. The fourth-order valence-electron chi connectivity index (χ4n) is 3.96. The Bertz CT molecular complexity index is 959. The Kier molecular flexibility index (Phi) is 10.7. The molecule has 1 saturated heterocycles. The molecule has 0 N–H and O–H groups in total. The lowest BCUT2D eigenvalue weighted by atomic mass is 10.1. The first kappa shape index (κ1) is 28.8. The van der Waals surface area contributed by atoms with Gasteiger partial charge >= 0.3 is 6.09 Å². The van der Waals surface area contributed by atoms with Gasteiger partial charge in [-0.1, -0.05) is 66.7 Å². The molecule has 0 bridgehead atoms. The Labute approximate surface area is 222 Å². The maximum Gasteiger partial charge on any atom is 0.410 e. The molecule has 35 heavy (non-hydrogen) atoms. The van der Waals surface area contributed by atoms with Crippen molar-refractivity contribution < 1.29 is 26.5 Å². The zero-order valence-electron chi connectivity index (χ0n) is 21.3. The first-order valence-electron chi connectivity index (χ1n) is 11.9. The summed E-state index contributed by atoms with van der Waals surface area (Å²) in [7, 11) is -1.53. The highest BCUT2D eigenvalue weighted by Gasteiger charge is 2.39. The van der Waals surface area contributed by atoms with Crippen LogP contribution in [0.3, 0.4) is 0 Å². The van der Waals surface area contributed by atoms with Crippen molar-refractivity contribution in [2.24, 2.45) is 0 Å². The van der Waals surface area contributed by atoms with Crippen molar-refractivity contribution in [3.8, 4) is 0 Å². The third kappa shape index (κ3) is 8.05. The molecule has 3 aromatic carbocycles. The van der Waals surface area contributed by atoms with Gasteiger partial charge in [-0.3, -0.25) is 0 Å². The highest BCUT2D eigenvalue weighted by molar-refractivity contribution is 7.95. The van der Waals surface area contributed by atoms with Gasteiger partial charge in [0, 0.05) is 13.1 Å². The van der Waals surface area contributed by atoms with Crippen LogP contribution < -0.4 is 32.9 Å². The van der Waals surface area contributed by atoms with Crippen LogP contribution in [0, 0.1) is 0 Å². The van der Waals surface area contributed by atoms with Crippen molar-refractivity contribution in [3.63, 3.8) is 0 Å². The van der Waals surface area contributed by atoms with E-state index in [4.69, 9.17) is 4.74 Å². The number of nitrogens with zero attached hydrogens (tertiary/aromatic N) is 1. The van der Waals surface area contributed by atoms with Crippen LogP contribution in [0.1, 0.15) is 33.6 Å². The summed E-state index contributed by atoms with van der Waals surface area (Å²) in [5.41, 5.74) is 0.829. The fraction of sp³-hybridized carbons (Fsp3) is 0.300. The van der Waals surface area contributed by atoms with Gasteiger partial charge < -0.3 is 26.6 Å². The first-order valence-corrected chi connectivity index (χ1v) is 14.1. The minimum Gasteiger partial charge on any atom is -1.00 e. The lowest BCUT2D eigenvalue weighted by molar-refractivity contribution is -0.0000521. The van der Waals surface area contributed by atoms with Crippen molar-refractivity contribution in [1.82, 2.24) is 4.90 Å². The van der Waals surface area contributed by atoms with Crippen LogP contribution >= 0.6 is 7.26 Å². The zero-order valence-corrected chi connectivity index (χ0v) is 23.8. The van der Waals surface area contributed by atoms with E-state index in [1.807, 2.05) is 20.8 Å². The maximum absolute atomic E-state index is 11.6. The van der Waals surface area contributed by atoms with E-state index in [1.54, 1.807) is 4.90 Å². The van der Waals surface area contributed by atoms with E-state index in [9.17, 15) is 4.79 Å². The molecule has 0 unspecified atom stereocenters. The quantitative estimate of drug-likeness (QED) is 0.368. The molecule has 1 aliphatic heterocycles. The topological polar surface area (TPSA) is 29.5 Å². The van der Waals surface area contributed by atoms with Gasteiger partial charge in [-0.05, 0) is 70.0 Å². The van der Waals surface area contributed by atoms with Crippen molar-refractivity contribution in [2.75, 3.05) is 19.8 Å². The van der Waals surface area contributed by atoms with Gasteiger partial charge in [0.25, 0.3) is 0 Å². The Hall–Kier alpha value is -2.42. The number of piperidine rings is 1. The molecule has 0 atom stereocenters. The molecule has 0 saturated carbocycles. The molecule has 1 aliphatic rings. The molecule has 3 nitrogen and oxygen atoms in total. The molecule has 1 heterocycles. The Morgan fingerprint density at radius 1 is 0.771 bits per heavy atom. The largest absolute Gasteiger partial charge is 1.00 e. The van der Waals surface area contributed by atoms with Crippen LogP contribution in [0.25, 0.3) is 0 Å².